The van der Waals surface area contributed by atoms with Crippen LogP contribution in [0.25, 0.3) is 0 Å². The molecule has 184 valence electrons. The van der Waals surface area contributed by atoms with E-state index in [0.29, 0.717) is 27.8 Å². The third-order valence-electron chi connectivity index (χ3n) is 5.73. The number of thiocarbonyl (C=S) groups is 1. The maximum atomic E-state index is 12.7. The molecule has 0 aromatic heterocycles. The molecule has 4 rings (SSSR count). The lowest BCUT2D eigenvalue weighted by Gasteiger charge is -2.23. The molecule has 0 amide bonds. The van der Waals surface area contributed by atoms with Crippen LogP contribution in [0.2, 0.25) is 0 Å². The van der Waals surface area contributed by atoms with Crippen LogP contribution in [-0.4, -0.2) is 29.3 Å². The average molecular weight is 502 g/mol. The van der Waals surface area contributed by atoms with Gasteiger partial charge in [0.25, 0.3) is 0 Å². The van der Waals surface area contributed by atoms with Crippen LogP contribution in [-0.2, 0) is 0 Å². The van der Waals surface area contributed by atoms with Crippen molar-refractivity contribution in [1.82, 2.24) is 10.7 Å². The number of hydrazone groups is 1. The van der Waals surface area contributed by atoms with Crippen LogP contribution in [0.4, 0.5) is 0 Å². The van der Waals surface area contributed by atoms with Crippen LogP contribution in [0.5, 0.6) is 11.5 Å². The van der Waals surface area contributed by atoms with Crippen LogP contribution in [0.15, 0.2) is 84.0 Å². The molecule has 36 heavy (non-hydrogen) atoms. The Bertz CT molecular complexity index is 1230. The number of rotatable bonds is 7. The lowest BCUT2D eigenvalue weighted by Crippen LogP contribution is -2.40. The Morgan fingerprint density at radius 1 is 0.833 bits per heavy atom. The maximum absolute atomic E-state index is 12.7. The number of hydrogen-bond donors (Lipinski definition) is 2. The van der Waals surface area contributed by atoms with E-state index in [9.17, 15) is 9.59 Å². The maximum Gasteiger partial charge on any atom is 0.343 e. The van der Waals surface area contributed by atoms with E-state index in [0.717, 1.165) is 12.8 Å². The summed E-state index contributed by atoms with van der Waals surface area (Å²) in [4.78, 5) is 25.2. The molecule has 1 aliphatic carbocycles. The van der Waals surface area contributed by atoms with Crippen LogP contribution >= 0.6 is 12.2 Å². The highest BCUT2D eigenvalue weighted by atomic mass is 32.1. The third-order valence-corrected chi connectivity index (χ3v) is 5.94. The quantitative estimate of drug-likeness (QED) is 0.150. The molecule has 1 aliphatic rings. The van der Waals surface area contributed by atoms with Gasteiger partial charge >= 0.3 is 11.9 Å². The van der Waals surface area contributed by atoms with Crippen LogP contribution in [0.3, 0.4) is 0 Å². The molecule has 0 heterocycles. The molecule has 1 fully saturated rings. The smallest absolute Gasteiger partial charge is 0.343 e. The van der Waals surface area contributed by atoms with Gasteiger partial charge in [-0.3, -0.25) is 5.43 Å². The number of carbonyl (C=O) groups excluding carboxylic acids is 2. The van der Waals surface area contributed by atoms with E-state index in [1.807, 2.05) is 12.1 Å². The lowest BCUT2D eigenvalue weighted by atomic mass is 9.96. The van der Waals surface area contributed by atoms with E-state index in [2.05, 4.69) is 15.8 Å². The average Bonchev–Trinajstić information content (AvgIpc) is 2.91. The standard InChI is InChI=1S/C28H27N3O4S/c32-26(20-10-4-1-5-11-20)34-24-17-16-22(19-29-31-28(36)30-23-14-8-3-9-15-23)25(18-24)35-27(33)21-12-6-2-7-13-21/h1-2,4-7,10-13,16-19,23H,3,8-9,14-15H2,(H2,30,31,36). The Hall–Kier alpha value is -4.04. The fourth-order valence-electron chi connectivity index (χ4n) is 3.87. The van der Waals surface area contributed by atoms with Gasteiger partial charge in [-0.15, -0.1) is 0 Å². The predicted octanol–water partition coefficient (Wildman–Crippen LogP) is 5.26. The van der Waals surface area contributed by atoms with E-state index >= 15 is 0 Å². The van der Waals surface area contributed by atoms with Crippen molar-refractivity contribution in [2.75, 3.05) is 0 Å². The molecule has 3 aromatic rings. The van der Waals surface area contributed by atoms with E-state index in [4.69, 9.17) is 21.7 Å². The zero-order valence-electron chi connectivity index (χ0n) is 19.7. The van der Waals surface area contributed by atoms with Gasteiger partial charge in [-0.05, 0) is 61.5 Å². The molecule has 0 atom stereocenters. The first kappa shape index (κ1) is 25.1. The fraction of sp³-hybridized carbons (Fsp3) is 0.214. The largest absolute Gasteiger partial charge is 0.423 e. The minimum atomic E-state index is -0.542. The van der Waals surface area contributed by atoms with Gasteiger partial charge in [-0.2, -0.15) is 5.10 Å². The Labute approximate surface area is 215 Å². The van der Waals surface area contributed by atoms with E-state index in [-0.39, 0.29) is 11.5 Å². The highest BCUT2D eigenvalue weighted by Crippen LogP contribution is 2.26. The summed E-state index contributed by atoms with van der Waals surface area (Å²) in [5.74, 6) is -0.629. The minimum Gasteiger partial charge on any atom is -0.423 e. The lowest BCUT2D eigenvalue weighted by molar-refractivity contribution is 0.0732. The van der Waals surface area contributed by atoms with Crippen molar-refractivity contribution < 1.29 is 19.1 Å². The fourth-order valence-corrected chi connectivity index (χ4v) is 4.09. The van der Waals surface area contributed by atoms with Gasteiger partial charge in [-0.25, -0.2) is 9.59 Å². The molecule has 0 bridgehead atoms. The predicted molar refractivity (Wildman–Crippen MR) is 143 cm³/mol. The van der Waals surface area contributed by atoms with E-state index in [1.165, 1.54) is 31.5 Å². The molecule has 2 N–H and O–H groups in total. The highest BCUT2D eigenvalue weighted by molar-refractivity contribution is 7.80. The first-order chi connectivity index (χ1) is 17.6. The van der Waals surface area contributed by atoms with E-state index in [1.54, 1.807) is 60.7 Å². The van der Waals surface area contributed by atoms with Crippen molar-refractivity contribution in [2.24, 2.45) is 5.10 Å². The summed E-state index contributed by atoms with van der Waals surface area (Å²) < 4.78 is 11.1. The Kier molecular flexibility index (Phi) is 8.77. The minimum absolute atomic E-state index is 0.193. The molecular formula is C28H27N3O4S. The van der Waals surface area contributed by atoms with Crippen molar-refractivity contribution in [3.8, 4) is 11.5 Å². The summed E-state index contributed by atoms with van der Waals surface area (Å²) in [7, 11) is 0. The molecular weight excluding hydrogens is 474 g/mol. The van der Waals surface area contributed by atoms with Crippen LogP contribution in [0, 0.1) is 0 Å². The summed E-state index contributed by atoms with van der Waals surface area (Å²) in [5.41, 5.74) is 4.13. The Morgan fingerprint density at radius 3 is 2.08 bits per heavy atom. The summed E-state index contributed by atoms with van der Waals surface area (Å²) in [5, 5.41) is 7.93. The number of ether oxygens (including phenoxy) is 2. The molecule has 0 spiro atoms. The molecule has 1 saturated carbocycles. The van der Waals surface area contributed by atoms with Crippen molar-refractivity contribution in [3.05, 3.63) is 95.6 Å². The number of nitrogens with zero attached hydrogens (tertiary/aromatic N) is 1. The summed E-state index contributed by atoms with van der Waals surface area (Å²) in [6.07, 6.45) is 7.34. The second-order valence-electron chi connectivity index (χ2n) is 8.39. The molecule has 0 aliphatic heterocycles. The number of benzene rings is 3. The van der Waals surface area contributed by atoms with Gasteiger partial charge in [0.2, 0.25) is 0 Å². The van der Waals surface area contributed by atoms with Gasteiger partial charge < -0.3 is 14.8 Å². The van der Waals surface area contributed by atoms with Gasteiger partial charge in [0.15, 0.2) is 5.11 Å². The van der Waals surface area contributed by atoms with Crippen molar-refractivity contribution >= 4 is 35.5 Å². The Morgan fingerprint density at radius 2 is 1.44 bits per heavy atom. The van der Waals surface area contributed by atoms with Crippen molar-refractivity contribution in [2.45, 2.75) is 38.1 Å². The van der Waals surface area contributed by atoms with Crippen molar-refractivity contribution in [1.29, 1.82) is 0 Å². The number of nitrogens with one attached hydrogen (secondary N) is 2. The van der Waals surface area contributed by atoms with Crippen LogP contribution in [0.1, 0.15) is 58.4 Å². The summed E-state index contributed by atoms with van der Waals surface area (Å²) in [6.45, 7) is 0. The van der Waals surface area contributed by atoms with Gasteiger partial charge in [0, 0.05) is 17.7 Å². The molecule has 7 nitrogen and oxygen atoms in total. The second-order valence-corrected chi connectivity index (χ2v) is 8.80. The molecule has 0 unspecified atom stereocenters. The summed E-state index contributed by atoms with van der Waals surface area (Å²) in [6, 6.07) is 22.4. The normalized spacial score (nSPS) is 13.7. The molecule has 0 radical (unpaired) electrons. The zero-order valence-corrected chi connectivity index (χ0v) is 20.5. The SMILES string of the molecule is O=C(Oc1ccc(C=NNC(=S)NC2CCCCC2)c(OC(=O)c2ccccc2)c1)c1ccccc1. The van der Waals surface area contributed by atoms with Gasteiger partial charge in [0.1, 0.15) is 11.5 Å². The molecule has 0 saturated heterocycles. The highest BCUT2D eigenvalue weighted by Gasteiger charge is 2.16. The number of hydrogen-bond acceptors (Lipinski definition) is 6. The van der Waals surface area contributed by atoms with Crippen LogP contribution < -0.4 is 20.2 Å². The zero-order chi connectivity index (χ0) is 25.2. The van der Waals surface area contributed by atoms with Gasteiger partial charge in [0.05, 0.1) is 17.3 Å². The monoisotopic (exact) mass is 501 g/mol. The topological polar surface area (TPSA) is 89.0 Å². The first-order valence-electron chi connectivity index (χ1n) is 11.9. The van der Waals surface area contributed by atoms with Crippen molar-refractivity contribution in [3.63, 3.8) is 0 Å². The summed E-state index contributed by atoms with van der Waals surface area (Å²) >= 11 is 5.35. The second kappa shape index (κ2) is 12.6. The number of carbonyl (C=O) groups is 2. The third kappa shape index (κ3) is 7.23. The van der Waals surface area contributed by atoms with E-state index < -0.39 is 11.9 Å². The Balaban J connectivity index is 1.48. The first-order valence-corrected chi connectivity index (χ1v) is 12.3. The number of esters is 2. The molecule has 3 aromatic carbocycles. The molecule has 8 heteroatoms. The van der Waals surface area contributed by atoms with Gasteiger partial charge in [-0.1, -0.05) is 55.7 Å².